The molecule has 112 valence electrons. The van der Waals surface area contributed by atoms with Crippen LogP contribution in [0.25, 0.3) is 21.9 Å². The summed E-state index contributed by atoms with van der Waals surface area (Å²) < 4.78 is 11.2. The molecule has 2 aromatic carbocycles. The summed E-state index contributed by atoms with van der Waals surface area (Å²) in [5.41, 5.74) is 0.552. The zero-order valence-corrected chi connectivity index (χ0v) is 12.0. The van der Waals surface area contributed by atoms with E-state index in [0.717, 1.165) is 6.42 Å². The minimum Gasteiger partial charge on any atom is -0.494 e. The smallest absolute Gasteiger partial charge is 0.335 e. The number of rotatable bonds is 4. The summed E-state index contributed by atoms with van der Waals surface area (Å²) in [7, 11) is 0. The molecule has 0 aliphatic rings. The molecule has 0 aliphatic heterocycles. The van der Waals surface area contributed by atoms with Gasteiger partial charge in [-0.05, 0) is 42.8 Å². The van der Waals surface area contributed by atoms with E-state index in [-0.39, 0.29) is 16.6 Å². The summed E-state index contributed by atoms with van der Waals surface area (Å²) in [4.78, 5) is 23.5. The van der Waals surface area contributed by atoms with Crippen molar-refractivity contribution < 1.29 is 19.1 Å². The van der Waals surface area contributed by atoms with Gasteiger partial charge in [-0.1, -0.05) is 6.92 Å². The van der Waals surface area contributed by atoms with E-state index < -0.39 is 5.97 Å². The summed E-state index contributed by atoms with van der Waals surface area (Å²) in [5.74, 6) is -0.448. The molecule has 0 saturated carbocycles. The van der Waals surface area contributed by atoms with Crippen molar-refractivity contribution in [1.29, 1.82) is 0 Å². The third kappa shape index (κ3) is 2.41. The Bertz CT molecular complexity index is 923. The molecule has 1 aromatic heterocycles. The Morgan fingerprint density at radius 3 is 2.68 bits per heavy atom. The van der Waals surface area contributed by atoms with Crippen molar-refractivity contribution in [2.45, 2.75) is 13.3 Å². The van der Waals surface area contributed by atoms with Crippen molar-refractivity contribution in [1.82, 2.24) is 0 Å². The maximum atomic E-state index is 12.5. The first-order chi connectivity index (χ1) is 10.6. The fourth-order valence-electron chi connectivity index (χ4n) is 2.28. The number of ether oxygens (including phenoxy) is 1. The molecular formula is C17H14O5. The molecule has 0 radical (unpaired) electrons. The number of fused-ring (bicyclic) bond motifs is 2. The molecule has 0 fully saturated rings. The van der Waals surface area contributed by atoms with Crippen molar-refractivity contribution >= 4 is 27.9 Å². The Morgan fingerprint density at radius 2 is 1.95 bits per heavy atom. The lowest BCUT2D eigenvalue weighted by atomic mass is 10.1. The molecule has 0 atom stereocenters. The van der Waals surface area contributed by atoms with Gasteiger partial charge in [0.2, 0.25) is 5.43 Å². The molecule has 5 heteroatoms. The average Bonchev–Trinajstić information content (AvgIpc) is 2.52. The quantitative estimate of drug-likeness (QED) is 0.747. The third-order valence-electron chi connectivity index (χ3n) is 3.36. The molecule has 3 rings (SSSR count). The molecule has 0 aliphatic carbocycles. The predicted octanol–water partition coefficient (Wildman–Crippen LogP) is 3.43. The van der Waals surface area contributed by atoms with Crippen LogP contribution in [0.5, 0.6) is 5.75 Å². The van der Waals surface area contributed by atoms with Crippen LogP contribution in [0, 0.1) is 0 Å². The van der Waals surface area contributed by atoms with E-state index in [9.17, 15) is 9.59 Å². The summed E-state index contributed by atoms with van der Waals surface area (Å²) >= 11 is 0. The average molecular weight is 298 g/mol. The highest BCUT2D eigenvalue weighted by molar-refractivity contribution is 5.95. The first kappa shape index (κ1) is 14.1. The fraction of sp³-hybridized carbons (Fsp3) is 0.176. The van der Waals surface area contributed by atoms with Crippen LogP contribution in [0.15, 0.2) is 45.6 Å². The number of benzene rings is 2. The molecule has 1 heterocycles. The van der Waals surface area contributed by atoms with Gasteiger partial charge in [0.1, 0.15) is 16.9 Å². The van der Waals surface area contributed by atoms with Gasteiger partial charge in [-0.3, -0.25) is 4.79 Å². The molecular weight excluding hydrogens is 284 g/mol. The van der Waals surface area contributed by atoms with E-state index in [1.165, 1.54) is 18.2 Å². The topological polar surface area (TPSA) is 76.7 Å². The number of carboxylic acids is 1. The minimum absolute atomic E-state index is 0.0814. The summed E-state index contributed by atoms with van der Waals surface area (Å²) in [6, 6.07) is 9.28. The van der Waals surface area contributed by atoms with Crippen LogP contribution in [0.2, 0.25) is 0 Å². The van der Waals surface area contributed by atoms with Crippen molar-refractivity contribution in [3.05, 3.63) is 52.2 Å². The van der Waals surface area contributed by atoms with Crippen LogP contribution >= 0.6 is 0 Å². The lowest BCUT2D eigenvalue weighted by Crippen LogP contribution is -2.04. The highest BCUT2D eigenvalue weighted by atomic mass is 16.5. The number of carbonyl (C=O) groups is 1. The molecule has 0 saturated heterocycles. The highest BCUT2D eigenvalue weighted by Gasteiger charge is 2.11. The lowest BCUT2D eigenvalue weighted by molar-refractivity contribution is 0.0697. The van der Waals surface area contributed by atoms with Crippen molar-refractivity contribution in [2.24, 2.45) is 0 Å². The van der Waals surface area contributed by atoms with Crippen LogP contribution < -0.4 is 10.2 Å². The fourth-order valence-corrected chi connectivity index (χ4v) is 2.28. The van der Waals surface area contributed by atoms with Crippen molar-refractivity contribution in [2.75, 3.05) is 6.61 Å². The maximum absolute atomic E-state index is 12.5. The van der Waals surface area contributed by atoms with Gasteiger partial charge in [0, 0.05) is 0 Å². The van der Waals surface area contributed by atoms with Crippen LogP contribution in [0.3, 0.4) is 0 Å². The van der Waals surface area contributed by atoms with Crippen molar-refractivity contribution in [3.8, 4) is 5.75 Å². The Kier molecular flexibility index (Phi) is 3.55. The van der Waals surface area contributed by atoms with E-state index in [2.05, 4.69) is 0 Å². The normalized spacial score (nSPS) is 11.0. The number of carboxylic acid groups (broad SMARTS) is 1. The summed E-state index contributed by atoms with van der Waals surface area (Å²) in [6.45, 7) is 2.58. The molecule has 22 heavy (non-hydrogen) atoms. The molecule has 0 bridgehead atoms. The Hall–Kier alpha value is -2.82. The molecule has 0 unspecified atom stereocenters. The zero-order valence-electron chi connectivity index (χ0n) is 12.0. The van der Waals surface area contributed by atoms with E-state index in [1.807, 2.05) is 6.92 Å². The standard InChI is InChI=1S/C17H14O5/c1-2-7-21-11-4-6-14-13(9-11)16(18)12-5-3-10(17(19)20)8-15(12)22-14/h3-6,8-9H,2,7H2,1H3,(H,19,20). The minimum atomic E-state index is -1.06. The second kappa shape index (κ2) is 5.52. The lowest BCUT2D eigenvalue weighted by Gasteiger charge is -2.06. The van der Waals surface area contributed by atoms with Gasteiger partial charge < -0.3 is 14.3 Å². The summed E-state index contributed by atoms with van der Waals surface area (Å²) in [6.07, 6.45) is 0.877. The highest BCUT2D eigenvalue weighted by Crippen LogP contribution is 2.23. The predicted molar refractivity (Wildman–Crippen MR) is 82.7 cm³/mol. The van der Waals surface area contributed by atoms with Crippen LogP contribution in [0.1, 0.15) is 23.7 Å². The molecule has 1 N–H and O–H groups in total. The van der Waals surface area contributed by atoms with Crippen molar-refractivity contribution in [3.63, 3.8) is 0 Å². The van der Waals surface area contributed by atoms with E-state index in [1.54, 1.807) is 18.2 Å². The number of hydrogen-bond donors (Lipinski definition) is 1. The van der Waals surface area contributed by atoms with E-state index in [0.29, 0.717) is 28.7 Å². The zero-order chi connectivity index (χ0) is 15.7. The number of hydrogen-bond acceptors (Lipinski definition) is 4. The van der Waals surface area contributed by atoms with Gasteiger partial charge in [-0.15, -0.1) is 0 Å². The van der Waals surface area contributed by atoms with Gasteiger partial charge in [0.05, 0.1) is 22.9 Å². The maximum Gasteiger partial charge on any atom is 0.335 e. The van der Waals surface area contributed by atoms with E-state index >= 15 is 0 Å². The Morgan fingerprint density at radius 1 is 1.14 bits per heavy atom. The van der Waals surface area contributed by atoms with E-state index in [4.69, 9.17) is 14.3 Å². The SMILES string of the molecule is CCCOc1ccc2oc3cc(C(=O)O)ccc3c(=O)c2c1. The second-order valence-electron chi connectivity index (χ2n) is 4.95. The molecule has 0 spiro atoms. The van der Waals surface area contributed by atoms with Gasteiger partial charge in [-0.25, -0.2) is 4.79 Å². The Balaban J connectivity index is 2.22. The largest absolute Gasteiger partial charge is 0.494 e. The van der Waals surface area contributed by atoms with Crippen LogP contribution in [0.4, 0.5) is 0 Å². The molecule has 3 aromatic rings. The van der Waals surface area contributed by atoms with Gasteiger partial charge in [0.25, 0.3) is 0 Å². The Labute approximate surface area is 125 Å². The number of aromatic carboxylic acids is 1. The first-order valence-corrected chi connectivity index (χ1v) is 6.97. The second-order valence-corrected chi connectivity index (χ2v) is 4.95. The van der Waals surface area contributed by atoms with Gasteiger partial charge in [-0.2, -0.15) is 0 Å². The first-order valence-electron chi connectivity index (χ1n) is 6.97. The van der Waals surface area contributed by atoms with Crippen LogP contribution in [-0.4, -0.2) is 17.7 Å². The van der Waals surface area contributed by atoms with Gasteiger partial charge >= 0.3 is 5.97 Å². The molecule has 5 nitrogen and oxygen atoms in total. The van der Waals surface area contributed by atoms with Crippen LogP contribution in [-0.2, 0) is 0 Å². The summed E-state index contributed by atoms with van der Waals surface area (Å²) in [5, 5.41) is 9.78. The van der Waals surface area contributed by atoms with Gasteiger partial charge in [0.15, 0.2) is 0 Å². The third-order valence-corrected chi connectivity index (χ3v) is 3.36. The monoisotopic (exact) mass is 298 g/mol. The molecule has 0 amide bonds.